The Morgan fingerprint density at radius 2 is 1.89 bits per heavy atom. The number of hydrogen-bond acceptors (Lipinski definition) is 1. The highest BCUT2D eigenvalue weighted by Crippen LogP contribution is 2.31. The molecule has 2 rings (SSSR count). The first-order valence-electron chi connectivity index (χ1n) is 5.38. The van der Waals surface area contributed by atoms with E-state index in [1.807, 2.05) is 6.92 Å². The molecule has 0 bridgehead atoms. The highest BCUT2D eigenvalue weighted by atomic mass is 35.5. The van der Waals surface area contributed by atoms with Crippen LogP contribution in [0.3, 0.4) is 0 Å². The van der Waals surface area contributed by atoms with Gasteiger partial charge in [0.25, 0.3) is 0 Å². The molecule has 4 heteroatoms. The third kappa shape index (κ3) is 2.51. The van der Waals surface area contributed by atoms with Gasteiger partial charge in [0.2, 0.25) is 0 Å². The van der Waals surface area contributed by atoms with Gasteiger partial charge in [-0.1, -0.05) is 47.5 Å². The molecule has 0 aliphatic carbocycles. The second-order valence-corrected chi connectivity index (χ2v) is 4.84. The number of halogens is 3. The first kappa shape index (κ1) is 13.3. The fourth-order valence-corrected chi connectivity index (χ4v) is 2.11. The number of aliphatic hydroxyl groups excluding tert-OH is 1. The molecule has 0 radical (unpaired) electrons. The van der Waals surface area contributed by atoms with Gasteiger partial charge in [0.15, 0.2) is 0 Å². The Balaban J connectivity index is 2.44. The SMILES string of the molecule is Cc1ccc(C(O)c2cccc(F)c2Cl)cc1Cl. The van der Waals surface area contributed by atoms with Crippen molar-refractivity contribution in [3.63, 3.8) is 0 Å². The summed E-state index contributed by atoms with van der Waals surface area (Å²) in [7, 11) is 0. The van der Waals surface area contributed by atoms with Gasteiger partial charge in [-0.3, -0.25) is 0 Å². The van der Waals surface area contributed by atoms with Crippen molar-refractivity contribution in [2.45, 2.75) is 13.0 Å². The van der Waals surface area contributed by atoms with Gasteiger partial charge in [-0.15, -0.1) is 0 Å². The van der Waals surface area contributed by atoms with Gasteiger partial charge >= 0.3 is 0 Å². The van der Waals surface area contributed by atoms with Crippen molar-refractivity contribution in [2.24, 2.45) is 0 Å². The lowest BCUT2D eigenvalue weighted by molar-refractivity contribution is 0.220. The Labute approximate surface area is 115 Å². The Hall–Kier alpha value is -1.09. The predicted octanol–water partition coefficient (Wildman–Crippen LogP) is 4.52. The van der Waals surface area contributed by atoms with E-state index in [0.29, 0.717) is 16.1 Å². The summed E-state index contributed by atoms with van der Waals surface area (Å²) in [4.78, 5) is 0. The first-order valence-corrected chi connectivity index (χ1v) is 6.14. The van der Waals surface area contributed by atoms with Crippen LogP contribution in [0, 0.1) is 12.7 Å². The highest BCUT2D eigenvalue weighted by Gasteiger charge is 2.16. The van der Waals surface area contributed by atoms with Gasteiger partial charge in [-0.25, -0.2) is 4.39 Å². The topological polar surface area (TPSA) is 20.2 Å². The first-order chi connectivity index (χ1) is 8.50. The lowest BCUT2D eigenvalue weighted by Crippen LogP contribution is -2.01. The van der Waals surface area contributed by atoms with Crippen LogP contribution in [-0.4, -0.2) is 5.11 Å². The van der Waals surface area contributed by atoms with Crippen LogP contribution >= 0.6 is 23.2 Å². The molecule has 0 saturated carbocycles. The van der Waals surface area contributed by atoms with Crippen molar-refractivity contribution in [3.8, 4) is 0 Å². The molecule has 0 aliphatic heterocycles. The van der Waals surface area contributed by atoms with Gasteiger partial charge in [0, 0.05) is 10.6 Å². The van der Waals surface area contributed by atoms with Gasteiger partial charge in [0.05, 0.1) is 5.02 Å². The van der Waals surface area contributed by atoms with E-state index in [-0.39, 0.29) is 5.02 Å². The monoisotopic (exact) mass is 284 g/mol. The van der Waals surface area contributed by atoms with Crippen molar-refractivity contribution in [1.82, 2.24) is 0 Å². The molecule has 0 spiro atoms. The standard InChI is InChI=1S/C14H11Cl2FO/c1-8-5-6-9(7-11(8)15)14(18)10-3-2-4-12(17)13(10)16/h2-7,14,18H,1H3. The molecule has 2 aromatic rings. The average Bonchev–Trinajstić information content (AvgIpc) is 2.35. The van der Waals surface area contributed by atoms with E-state index < -0.39 is 11.9 Å². The summed E-state index contributed by atoms with van der Waals surface area (Å²) in [5.74, 6) is -0.550. The summed E-state index contributed by atoms with van der Waals surface area (Å²) >= 11 is 11.8. The summed E-state index contributed by atoms with van der Waals surface area (Å²) in [5.41, 5.74) is 1.83. The maximum atomic E-state index is 13.3. The molecule has 0 heterocycles. The molecular weight excluding hydrogens is 274 g/mol. The normalized spacial score (nSPS) is 12.5. The zero-order chi connectivity index (χ0) is 13.3. The molecule has 0 fully saturated rings. The van der Waals surface area contributed by atoms with Crippen LogP contribution in [0.1, 0.15) is 22.8 Å². The molecule has 1 atom stereocenters. The van der Waals surface area contributed by atoms with Crippen LogP contribution in [-0.2, 0) is 0 Å². The summed E-state index contributed by atoms with van der Waals surface area (Å²) in [6.45, 7) is 1.87. The Bertz CT molecular complexity index is 584. The number of benzene rings is 2. The minimum Gasteiger partial charge on any atom is -0.384 e. The summed E-state index contributed by atoms with van der Waals surface area (Å²) in [6, 6.07) is 9.55. The van der Waals surface area contributed by atoms with Gasteiger partial charge < -0.3 is 5.11 Å². The third-order valence-corrected chi connectivity index (χ3v) is 3.59. The number of hydrogen-bond donors (Lipinski definition) is 1. The molecule has 1 unspecified atom stereocenters. The molecular formula is C14H11Cl2FO. The van der Waals surface area contributed by atoms with Gasteiger partial charge in [-0.05, 0) is 30.2 Å². The second kappa shape index (κ2) is 5.27. The fourth-order valence-electron chi connectivity index (χ4n) is 1.69. The van der Waals surface area contributed by atoms with E-state index in [9.17, 15) is 9.50 Å². The lowest BCUT2D eigenvalue weighted by Gasteiger charge is -2.14. The van der Waals surface area contributed by atoms with Crippen molar-refractivity contribution in [1.29, 1.82) is 0 Å². The minimum absolute atomic E-state index is 0.0679. The average molecular weight is 285 g/mol. The number of aliphatic hydroxyl groups is 1. The molecule has 1 N–H and O–H groups in total. The second-order valence-electron chi connectivity index (χ2n) is 4.05. The summed E-state index contributed by atoms with van der Waals surface area (Å²) in [5, 5.41) is 10.7. The largest absolute Gasteiger partial charge is 0.384 e. The number of rotatable bonds is 2. The molecule has 94 valence electrons. The highest BCUT2D eigenvalue weighted by molar-refractivity contribution is 6.32. The Kier molecular flexibility index (Phi) is 3.91. The summed E-state index contributed by atoms with van der Waals surface area (Å²) in [6.07, 6.45) is -0.994. The summed E-state index contributed by atoms with van der Waals surface area (Å²) < 4.78 is 13.3. The van der Waals surface area contributed by atoms with Crippen LogP contribution < -0.4 is 0 Å². The van der Waals surface area contributed by atoms with Crippen molar-refractivity contribution in [2.75, 3.05) is 0 Å². The fraction of sp³-hybridized carbons (Fsp3) is 0.143. The van der Waals surface area contributed by atoms with Crippen LogP contribution in [0.15, 0.2) is 36.4 Å². The van der Waals surface area contributed by atoms with E-state index in [1.54, 1.807) is 24.3 Å². The van der Waals surface area contributed by atoms with E-state index in [0.717, 1.165) is 5.56 Å². The van der Waals surface area contributed by atoms with Crippen LogP contribution in [0.4, 0.5) is 4.39 Å². The Morgan fingerprint density at radius 3 is 2.56 bits per heavy atom. The van der Waals surface area contributed by atoms with E-state index in [2.05, 4.69) is 0 Å². The predicted molar refractivity (Wildman–Crippen MR) is 71.7 cm³/mol. The smallest absolute Gasteiger partial charge is 0.142 e. The maximum absolute atomic E-state index is 13.3. The number of aryl methyl sites for hydroxylation is 1. The third-order valence-electron chi connectivity index (χ3n) is 2.79. The zero-order valence-corrected chi connectivity index (χ0v) is 11.1. The molecule has 0 aliphatic rings. The molecule has 18 heavy (non-hydrogen) atoms. The van der Waals surface area contributed by atoms with Gasteiger partial charge in [-0.2, -0.15) is 0 Å². The lowest BCUT2D eigenvalue weighted by atomic mass is 10.0. The van der Waals surface area contributed by atoms with Crippen LogP contribution in [0.25, 0.3) is 0 Å². The van der Waals surface area contributed by atoms with Crippen molar-refractivity contribution in [3.05, 3.63) is 69.0 Å². The quantitative estimate of drug-likeness (QED) is 0.860. The van der Waals surface area contributed by atoms with Crippen molar-refractivity contribution >= 4 is 23.2 Å². The molecule has 1 nitrogen and oxygen atoms in total. The van der Waals surface area contributed by atoms with E-state index >= 15 is 0 Å². The minimum atomic E-state index is -0.994. The van der Waals surface area contributed by atoms with Crippen molar-refractivity contribution < 1.29 is 9.50 Å². The van der Waals surface area contributed by atoms with E-state index in [1.165, 1.54) is 12.1 Å². The molecule has 0 aromatic heterocycles. The zero-order valence-electron chi connectivity index (χ0n) is 9.62. The Morgan fingerprint density at radius 1 is 1.17 bits per heavy atom. The molecule has 0 amide bonds. The van der Waals surface area contributed by atoms with Crippen LogP contribution in [0.2, 0.25) is 10.0 Å². The molecule has 2 aromatic carbocycles. The maximum Gasteiger partial charge on any atom is 0.142 e. The van der Waals surface area contributed by atoms with E-state index in [4.69, 9.17) is 23.2 Å². The van der Waals surface area contributed by atoms with Gasteiger partial charge in [0.1, 0.15) is 11.9 Å². The van der Waals surface area contributed by atoms with Crippen LogP contribution in [0.5, 0.6) is 0 Å². The molecule has 0 saturated heterocycles.